The van der Waals surface area contributed by atoms with E-state index in [-0.39, 0.29) is 42.1 Å². The van der Waals surface area contributed by atoms with Crippen molar-refractivity contribution in [3.63, 3.8) is 0 Å². The van der Waals surface area contributed by atoms with Crippen molar-refractivity contribution >= 4 is 27.7 Å². The van der Waals surface area contributed by atoms with E-state index in [4.69, 9.17) is 4.74 Å². The summed E-state index contributed by atoms with van der Waals surface area (Å²) in [6.45, 7) is 2.13. The van der Waals surface area contributed by atoms with Gasteiger partial charge in [-0.2, -0.15) is 0 Å². The number of hydrogen-bond acceptors (Lipinski definition) is 6. The van der Waals surface area contributed by atoms with Crippen LogP contribution in [0.5, 0.6) is 5.75 Å². The van der Waals surface area contributed by atoms with Gasteiger partial charge in [0.2, 0.25) is 11.9 Å². The Bertz CT molecular complexity index is 1130. The van der Waals surface area contributed by atoms with Gasteiger partial charge in [-0.3, -0.25) is 15.0 Å². The van der Waals surface area contributed by atoms with Crippen molar-refractivity contribution in [3.8, 4) is 5.75 Å². The van der Waals surface area contributed by atoms with Crippen LogP contribution >= 0.6 is 0 Å². The maximum absolute atomic E-state index is 14.0. The molecule has 2 N–H and O–H groups in total. The number of rotatable bonds is 10. The first-order valence-corrected chi connectivity index (χ1v) is 12.3. The Labute approximate surface area is 185 Å². The van der Waals surface area contributed by atoms with Gasteiger partial charge in [0.05, 0.1) is 24.3 Å². The van der Waals surface area contributed by atoms with Crippen molar-refractivity contribution in [3.05, 3.63) is 41.5 Å². The Morgan fingerprint density at radius 3 is 2.78 bits per heavy atom. The number of aromatic nitrogens is 2. The lowest BCUT2D eigenvalue weighted by atomic mass is 10.0. The van der Waals surface area contributed by atoms with Crippen molar-refractivity contribution < 1.29 is 27.1 Å². The van der Waals surface area contributed by atoms with E-state index in [1.54, 1.807) is 19.1 Å². The normalized spacial score (nSPS) is 17.5. The van der Waals surface area contributed by atoms with Crippen LogP contribution in [0.3, 0.4) is 0 Å². The number of anilines is 1. The van der Waals surface area contributed by atoms with E-state index >= 15 is 0 Å². The van der Waals surface area contributed by atoms with Gasteiger partial charge in [0.15, 0.2) is 21.4 Å². The minimum Gasteiger partial charge on any atom is -0.490 e. The number of carbonyl (C=O) groups is 2. The summed E-state index contributed by atoms with van der Waals surface area (Å²) in [5, 5.41) is 2.15. The highest BCUT2D eigenvalue weighted by molar-refractivity contribution is 7.91. The third-order valence-corrected chi connectivity index (χ3v) is 7.38. The number of aryl methyl sites for hydroxylation is 1. The first-order chi connectivity index (χ1) is 15.2. The number of halogens is 1. The fourth-order valence-corrected chi connectivity index (χ4v) is 5.13. The highest BCUT2D eigenvalue weighted by Gasteiger charge is 2.30. The molecule has 0 spiro atoms. The molecule has 2 aromatic rings. The number of imidazole rings is 1. The molecule has 11 heteroatoms. The predicted molar refractivity (Wildman–Crippen MR) is 115 cm³/mol. The zero-order valence-electron chi connectivity index (χ0n) is 17.6. The molecule has 0 radical (unpaired) electrons. The molecule has 0 unspecified atom stereocenters. The zero-order chi connectivity index (χ0) is 22.9. The van der Waals surface area contributed by atoms with E-state index in [0.29, 0.717) is 23.8 Å². The van der Waals surface area contributed by atoms with Crippen LogP contribution in [-0.4, -0.2) is 55.0 Å². The number of amides is 3. The van der Waals surface area contributed by atoms with Gasteiger partial charge in [0, 0.05) is 12.1 Å². The number of hydrogen-bond donors (Lipinski definition) is 2. The molecule has 1 aliphatic carbocycles. The monoisotopic (exact) mass is 464 g/mol. The summed E-state index contributed by atoms with van der Waals surface area (Å²) in [6.07, 6.45) is 3.83. The molecule has 2 fully saturated rings. The number of sulfone groups is 1. The van der Waals surface area contributed by atoms with Crippen molar-refractivity contribution in [2.75, 3.05) is 29.6 Å². The summed E-state index contributed by atoms with van der Waals surface area (Å²) in [7, 11) is -3.42. The first-order valence-electron chi connectivity index (χ1n) is 10.5. The largest absolute Gasteiger partial charge is 0.490 e. The van der Waals surface area contributed by atoms with E-state index in [2.05, 4.69) is 15.3 Å². The Morgan fingerprint density at radius 1 is 1.31 bits per heavy atom. The molecule has 4 rings (SSSR count). The number of nitrogens with one attached hydrogen (secondary N) is 2. The highest BCUT2D eigenvalue weighted by atomic mass is 32.2. The highest BCUT2D eigenvalue weighted by Crippen LogP contribution is 2.31. The van der Waals surface area contributed by atoms with Crippen LogP contribution in [0.25, 0.3) is 0 Å². The minimum absolute atomic E-state index is 0.0925. The summed E-state index contributed by atoms with van der Waals surface area (Å²) >= 11 is 0. The lowest BCUT2D eigenvalue weighted by molar-refractivity contribution is -0.117. The summed E-state index contributed by atoms with van der Waals surface area (Å²) in [6, 6.07) is 3.91. The third kappa shape index (κ3) is 5.45. The van der Waals surface area contributed by atoms with Gasteiger partial charge >= 0.3 is 6.03 Å². The van der Waals surface area contributed by atoms with Gasteiger partial charge in [0.1, 0.15) is 6.54 Å². The molecule has 1 saturated heterocycles. The minimum atomic E-state index is -3.42. The number of ether oxygens (including phenoxy) is 1. The number of nitrogens with zero attached hydrogens (tertiary/aromatic N) is 2. The number of H-pyrrole nitrogens is 1. The number of imide groups is 1. The standard InChI is InChI=1S/C21H25FN4O5S/c1-13(15-4-5-17(22)18(8-15)31-11-14-2-3-14)12-32(29,30)7-6-16-9-23-20(24-16)26-10-19(27)25-21(26)28/h4-5,8-9,13-14H,2-3,6-7,10-12H2,1H3,(H,23,24)(H,25,27,28)/t13-/m0/s1. The third-order valence-electron chi connectivity index (χ3n) is 5.55. The molecule has 1 saturated carbocycles. The Hall–Kier alpha value is -2.95. The van der Waals surface area contributed by atoms with Gasteiger partial charge in [-0.15, -0.1) is 0 Å². The van der Waals surface area contributed by atoms with Crippen molar-refractivity contribution in [1.82, 2.24) is 15.3 Å². The fourth-order valence-electron chi connectivity index (χ4n) is 3.48. The molecule has 1 aromatic carbocycles. The SMILES string of the molecule is C[C@@H](CS(=O)(=O)CCc1cnc(N2CC(=O)NC2=O)[nH]1)c1ccc(F)c(OCC2CC2)c1. The second kappa shape index (κ2) is 8.89. The topological polar surface area (TPSA) is 121 Å². The second-order valence-corrected chi connectivity index (χ2v) is 10.6. The maximum atomic E-state index is 14.0. The van der Waals surface area contributed by atoms with Crippen LogP contribution in [-0.2, 0) is 21.1 Å². The molecule has 2 heterocycles. The molecule has 2 aliphatic rings. The lowest BCUT2D eigenvalue weighted by Crippen LogP contribution is -2.28. The van der Waals surface area contributed by atoms with Crippen LogP contribution in [0, 0.1) is 11.7 Å². The Balaban J connectivity index is 1.33. The smallest absolute Gasteiger partial charge is 0.331 e. The van der Waals surface area contributed by atoms with Gasteiger partial charge in [-0.05, 0) is 42.4 Å². The fraction of sp³-hybridized carbons (Fsp3) is 0.476. The van der Waals surface area contributed by atoms with E-state index in [1.165, 1.54) is 12.3 Å². The number of aromatic amines is 1. The summed E-state index contributed by atoms with van der Waals surface area (Å²) < 4.78 is 44.9. The molecule has 3 amide bonds. The second-order valence-electron chi connectivity index (χ2n) is 8.38. The van der Waals surface area contributed by atoms with Crippen molar-refractivity contribution in [2.24, 2.45) is 5.92 Å². The van der Waals surface area contributed by atoms with Crippen LogP contribution in [0.15, 0.2) is 24.4 Å². The molecule has 1 aromatic heterocycles. The van der Waals surface area contributed by atoms with Gasteiger partial charge in [-0.25, -0.2) is 22.6 Å². The number of carbonyl (C=O) groups excluding carboxylic acids is 2. The quantitative estimate of drug-likeness (QED) is 0.520. The van der Waals surface area contributed by atoms with E-state index < -0.39 is 27.6 Å². The first kappa shape index (κ1) is 22.3. The molecule has 32 heavy (non-hydrogen) atoms. The number of benzene rings is 1. The zero-order valence-corrected chi connectivity index (χ0v) is 18.5. The molecule has 1 atom stereocenters. The van der Waals surface area contributed by atoms with Crippen molar-refractivity contribution in [2.45, 2.75) is 32.1 Å². The number of urea groups is 1. The lowest BCUT2D eigenvalue weighted by Gasteiger charge is -2.15. The summed E-state index contributed by atoms with van der Waals surface area (Å²) in [5.74, 6) is -0.577. The molecule has 0 bridgehead atoms. The summed E-state index contributed by atoms with van der Waals surface area (Å²) in [4.78, 5) is 31.1. The maximum Gasteiger partial charge on any atom is 0.331 e. The summed E-state index contributed by atoms with van der Waals surface area (Å²) in [5.41, 5.74) is 1.25. The average molecular weight is 465 g/mol. The van der Waals surface area contributed by atoms with Gasteiger partial charge < -0.3 is 9.72 Å². The Morgan fingerprint density at radius 2 is 2.09 bits per heavy atom. The van der Waals surface area contributed by atoms with Crippen LogP contribution in [0.4, 0.5) is 15.1 Å². The molecular weight excluding hydrogens is 439 g/mol. The Kier molecular flexibility index (Phi) is 6.18. The molecule has 9 nitrogen and oxygen atoms in total. The van der Waals surface area contributed by atoms with Gasteiger partial charge in [0.25, 0.3) is 0 Å². The molecule has 1 aliphatic heterocycles. The van der Waals surface area contributed by atoms with E-state index in [1.807, 2.05) is 0 Å². The predicted octanol–water partition coefficient (Wildman–Crippen LogP) is 2.15. The van der Waals surface area contributed by atoms with Crippen LogP contribution in [0.1, 0.15) is 36.9 Å². The van der Waals surface area contributed by atoms with Crippen molar-refractivity contribution in [1.29, 1.82) is 0 Å². The molecular formula is C21H25FN4O5S. The van der Waals surface area contributed by atoms with Crippen LogP contribution < -0.4 is 15.0 Å². The van der Waals surface area contributed by atoms with E-state index in [9.17, 15) is 22.4 Å². The van der Waals surface area contributed by atoms with E-state index in [0.717, 1.165) is 17.7 Å². The average Bonchev–Trinajstić information content (AvgIpc) is 3.33. The van der Waals surface area contributed by atoms with Gasteiger partial charge in [-0.1, -0.05) is 13.0 Å². The molecule has 172 valence electrons. The van der Waals surface area contributed by atoms with Crippen LogP contribution in [0.2, 0.25) is 0 Å².